The Morgan fingerprint density at radius 2 is 1.89 bits per heavy atom. The number of nitrogens with zero attached hydrogens (tertiary/aromatic N) is 1. The lowest BCUT2D eigenvalue weighted by molar-refractivity contribution is 0.0971. The number of rotatable bonds is 7. The first-order chi connectivity index (χ1) is 9.03. The minimum absolute atomic E-state index is 0.406. The third-order valence-corrected chi connectivity index (χ3v) is 3.34. The monoisotopic (exact) mass is 267 g/mol. The predicted molar refractivity (Wildman–Crippen MR) is 76.9 cm³/mol. The summed E-state index contributed by atoms with van der Waals surface area (Å²) in [5.74, 6) is 1.38. The molecule has 1 aromatic rings. The summed E-state index contributed by atoms with van der Waals surface area (Å²) in [6, 6.07) is 5.90. The van der Waals surface area contributed by atoms with Crippen molar-refractivity contribution in [2.75, 3.05) is 27.3 Å². The van der Waals surface area contributed by atoms with E-state index in [2.05, 4.69) is 25.7 Å². The van der Waals surface area contributed by atoms with Crippen LogP contribution in [0.3, 0.4) is 0 Å². The van der Waals surface area contributed by atoms with Crippen molar-refractivity contribution >= 4 is 0 Å². The molecule has 19 heavy (non-hydrogen) atoms. The van der Waals surface area contributed by atoms with Crippen molar-refractivity contribution in [3.05, 3.63) is 23.8 Å². The van der Waals surface area contributed by atoms with Gasteiger partial charge < -0.3 is 14.6 Å². The van der Waals surface area contributed by atoms with E-state index < -0.39 is 6.10 Å². The van der Waals surface area contributed by atoms with Gasteiger partial charge in [-0.2, -0.15) is 0 Å². The first-order valence-corrected chi connectivity index (χ1v) is 6.67. The Morgan fingerprint density at radius 1 is 1.21 bits per heavy atom. The van der Waals surface area contributed by atoms with Crippen LogP contribution >= 0.6 is 0 Å². The number of benzene rings is 1. The van der Waals surface area contributed by atoms with Gasteiger partial charge in [0.05, 0.1) is 20.3 Å². The molecule has 0 fully saturated rings. The highest BCUT2D eigenvalue weighted by Crippen LogP contribution is 2.30. The van der Waals surface area contributed by atoms with Gasteiger partial charge >= 0.3 is 0 Å². The Morgan fingerprint density at radius 3 is 2.37 bits per heavy atom. The summed E-state index contributed by atoms with van der Waals surface area (Å²) < 4.78 is 10.5. The summed E-state index contributed by atoms with van der Waals surface area (Å²) in [4.78, 5) is 2.22. The second-order valence-electron chi connectivity index (χ2n) is 4.80. The van der Waals surface area contributed by atoms with Crippen molar-refractivity contribution in [3.8, 4) is 11.5 Å². The molecule has 0 heterocycles. The lowest BCUT2D eigenvalue weighted by Gasteiger charge is -2.28. The van der Waals surface area contributed by atoms with Crippen LogP contribution < -0.4 is 9.47 Å². The van der Waals surface area contributed by atoms with Crippen LogP contribution in [0.4, 0.5) is 0 Å². The minimum Gasteiger partial charge on any atom is -0.497 e. The van der Waals surface area contributed by atoms with Crippen LogP contribution in [0.2, 0.25) is 0 Å². The van der Waals surface area contributed by atoms with Gasteiger partial charge in [-0.05, 0) is 32.5 Å². The van der Waals surface area contributed by atoms with E-state index in [4.69, 9.17) is 9.47 Å². The molecule has 4 nitrogen and oxygen atoms in total. The Labute approximate surface area is 115 Å². The quantitative estimate of drug-likeness (QED) is 0.824. The zero-order valence-corrected chi connectivity index (χ0v) is 12.5. The van der Waals surface area contributed by atoms with Crippen molar-refractivity contribution in [3.63, 3.8) is 0 Å². The first-order valence-electron chi connectivity index (χ1n) is 6.67. The molecule has 0 saturated heterocycles. The smallest absolute Gasteiger partial charge is 0.128 e. The summed E-state index contributed by atoms with van der Waals surface area (Å²) in [7, 11) is 3.22. The maximum Gasteiger partial charge on any atom is 0.128 e. The summed E-state index contributed by atoms with van der Waals surface area (Å²) in [6.07, 6.45) is -0.566. The number of aliphatic hydroxyl groups is 1. The van der Waals surface area contributed by atoms with Crippen LogP contribution in [-0.4, -0.2) is 43.4 Å². The SMILES string of the molecule is CCN(CC(O)c1ccc(OC)cc1OC)C(C)C. The molecule has 0 amide bonds. The molecule has 1 rings (SSSR count). The van der Waals surface area contributed by atoms with Crippen LogP contribution in [0.25, 0.3) is 0 Å². The van der Waals surface area contributed by atoms with E-state index in [1.165, 1.54) is 0 Å². The molecule has 1 N–H and O–H groups in total. The van der Waals surface area contributed by atoms with Gasteiger partial charge in [-0.1, -0.05) is 6.92 Å². The molecule has 1 atom stereocenters. The fourth-order valence-electron chi connectivity index (χ4n) is 2.12. The number of hydrogen-bond donors (Lipinski definition) is 1. The van der Waals surface area contributed by atoms with Gasteiger partial charge in [-0.15, -0.1) is 0 Å². The van der Waals surface area contributed by atoms with E-state index >= 15 is 0 Å². The molecule has 0 aromatic heterocycles. The number of likely N-dealkylation sites (N-methyl/N-ethyl adjacent to an activating group) is 1. The molecule has 0 saturated carbocycles. The molecule has 0 radical (unpaired) electrons. The van der Waals surface area contributed by atoms with Crippen LogP contribution in [0.1, 0.15) is 32.4 Å². The number of hydrogen-bond acceptors (Lipinski definition) is 4. The van der Waals surface area contributed by atoms with E-state index in [9.17, 15) is 5.11 Å². The second-order valence-corrected chi connectivity index (χ2v) is 4.80. The molecular formula is C15H25NO3. The Bertz CT molecular complexity index is 393. The molecule has 0 aliphatic rings. The predicted octanol–water partition coefficient (Wildman–Crippen LogP) is 2.47. The third-order valence-electron chi connectivity index (χ3n) is 3.34. The molecule has 0 aliphatic carbocycles. The van der Waals surface area contributed by atoms with Crippen molar-refractivity contribution in [1.82, 2.24) is 4.90 Å². The Hall–Kier alpha value is -1.26. The van der Waals surface area contributed by atoms with Crippen LogP contribution in [0.15, 0.2) is 18.2 Å². The van der Waals surface area contributed by atoms with Crippen molar-refractivity contribution < 1.29 is 14.6 Å². The van der Waals surface area contributed by atoms with E-state index in [0.717, 1.165) is 17.9 Å². The fourth-order valence-corrected chi connectivity index (χ4v) is 2.12. The molecule has 1 unspecified atom stereocenters. The fraction of sp³-hybridized carbons (Fsp3) is 0.600. The molecule has 0 aliphatic heterocycles. The minimum atomic E-state index is -0.566. The second kappa shape index (κ2) is 7.36. The number of methoxy groups -OCH3 is 2. The Balaban J connectivity index is 2.89. The van der Waals surface area contributed by atoms with Gasteiger partial charge in [-0.25, -0.2) is 0 Å². The largest absolute Gasteiger partial charge is 0.497 e. The summed E-state index contributed by atoms with van der Waals surface area (Å²) in [5, 5.41) is 10.4. The molecule has 4 heteroatoms. The molecule has 1 aromatic carbocycles. The van der Waals surface area contributed by atoms with Crippen molar-refractivity contribution in [2.24, 2.45) is 0 Å². The van der Waals surface area contributed by atoms with Crippen molar-refractivity contribution in [1.29, 1.82) is 0 Å². The average molecular weight is 267 g/mol. The summed E-state index contributed by atoms with van der Waals surface area (Å²) in [6.45, 7) is 7.85. The van der Waals surface area contributed by atoms with Gasteiger partial charge in [0.25, 0.3) is 0 Å². The molecular weight excluding hydrogens is 242 g/mol. The van der Waals surface area contributed by atoms with Gasteiger partial charge in [0.1, 0.15) is 11.5 Å². The van der Waals surface area contributed by atoms with Gasteiger partial charge in [-0.3, -0.25) is 4.90 Å². The number of ether oxygens (including phenoxy) is 2. The summed E-state index contributed by atoms with van der Waals surface area (Å²) >= 11 is 0. The normalized spacial score (nSPS) is 12.8. The molecule has 0 spiro atoms. The highest BCUT2D eigenvalue weighted by molar-refractivity contribution is 5.42. The van der Waals surface area contributed by atoms with E-state index in [1.54, 1.807) is 20.3 Å². The zero-order chi connectivity index (χ0) is 14.4. The van der Waals surface area contributed by atoms with E-state index in [0.29, 0.717) is 18.3 Å². The van der Waals surface area contributed by atoms with Gasteiger partial charge in [0.15, 0.2) is 0 Å². The van der Waals surface area contributed by atoms with Crippen LogP contribution in [-0.2, 0) is 0 Å². The summed E-state index contributed by atoms with van der Waals surface area (Å²) in [5.41, 5.74) is 0.794. The molecule has 0 bridgehead atoms. The van der Waals surface area contributed by atoms with Gasteiger partial charge in [0, 0.05) is 24.2 Å². The van der Waals surface area contributed by atoms with E-state index in [1.807, 2.05) is 12.1 Å². The highest BCUT2D eigenvalue weighted by atomic mass is 16.5. The molecule has 108 valence electrons. The first kappa shape index (κ1) is 15.8. The van der Waals surface area contributed by atoms with E-state index in [-0.39, 0.29) is 0 Å². The maximum atomic E-state index is 10.4. The standard InChI is InChI=1S/C15H25NO3/c1-6-16(11(2)3)10-14(17)13-8-7-12(18-4)9-15(13)19-5/h7-9,11,14,17H,6,10H2,1-5H3. The van der Waals surface area contributed by atoms with Gasteiger partial charge in [0.2, 0.25) is 0 Å². The van der Waals surface area contributed by atoms with Crippen LogP contribution in [0.5, 0.6) is 11.5 Å². The topological polar surface area (TPSA) is 41.9 Å². The lowest BCUT2D eigenvalue weighted by Crippen LogP contribution is -2.34. The lowest BCUT2D eigenvalue weighted by atomic mass is 10.1. The Kier molecular flexibility index (Phi) is 6.12. The average Bonchev–Trinajstić information content (AvgIpc) is 2.43. The number of aliphatic hydroxyl groups excluding tert-OH is 1. The van der Waals surface area contributed by atoms with Crippen molar-refractivity contribution in [2.45, 2.75) is 32.9 Å². The third kappa shape index (κ3) is 4.11. The maximum absolute atomic E-state index is 10.4. The van der Waals surface area contributed by atoms with Crippen LogP contribution in [0, 0.1) is 0 Å². The highest BCUT2D eigenvalue weighted by Gasteiger charge is 2.18. The zero-order valence-electron chi connectivity index (χ0n) is 12.5.